The predicted octanol–water partition coefficient (Wildman–Crippen LogP) is 7.34. The first-order chi connectivity index (χ1) is 20.1. The van der Waals surface area contributed by atoms with Gasteiger partial charge in [0.2, 0.25) is 0 Å². The molecule has 3 N–H and O–H groups in total. The molecule has 0 radical (unpaired) electrons. The lowest BCUT2D eigenvalue weighted by Gasteiger charge is -2.18. The zero-order valence-electron chi connectivity index (χ0n) is 24.9. The van der Waals surface area contributed by atoms with Crippen LogP contribution in [-0.4, -0.2) is 34.6 Å². The summed E-state index contributed by atoms with van der Waals surface area (Å²) < 4.78 is 34.9. The Bertz CT molecular complexity index is 1510. The van der Waals surface area contributed by atoms with E-state index >= 15 is 0 Å². The van der Waals surface area contributed by atoms with Crippen LogP contribution in [0, 0.1) is 12.7 Å². The Morgan fingerprint density at radius 2 is 1.76 bits per heavy atom. The number of rotatable bonds is 12. The van der Waals surface area contributed by atoms with Gasteiger partial charge in [-0.2, -0.15) is 0 Å². The van der Waals surface area contributed by atoms with E-state index in [4.69, 9.17) is 9.57 Å². The minimum atomic E-state index is -0.567. The maximum Gasteiger partial charge on any atom is 0.278 e. The van der Waals surface area contributed by atoms with Crippen LogP contribution in [0.25, 0.3) is 11.3 Å². The van der Waals surface area contributed by atoms with Crippen LogP contribution in [0.15, 0.2) is 71.6 Å². The van der Waals surface area contributed by atoms with Crippen molar-refractivity contribution < 1.29 is 23.1 Å². The fourth-order valence-electron chi connectivity index (χ4n) is 3.71. The van der Waals surface area contributed by atoms with Crippen LogP contribution in [0.5, 0.6) is 5.75 Å². The molecular weight excluding hydrogens is 542 g/mol. The maximum absolute atomic E-state index is 14.9. The van der Waals surface area contributed by atoms with Gasteiger partial charge in [-0.05, 0) is 64.8 Å². The number of pyridine rings is 1. The quantitative estimate of drug-likeness (QED) is 0.151. The molecule has 0 unspecified atom stereocenters. The highest BCUT2D eigenvalue weighted by molar-refractivity contribution is 6.00. The molecule has 0 aliphatic rings. The number of aromatic nitrogens is 3. The van der Waals surface area contributed by atoms with Gasteiger partial charge in [0, 0.05) is 35.8 Å². The van der Waals surface area contributed by atoms with E-state index in [1.165, 1.54) is 37.7 Å². The topological polar surface area (TPSA) is 110 Å². The fourth-order valence-corrected chi connectivity index (χ4v) is 3.71. The molecule has 2 heterocycles. The highest BCUT2D eigenvalue weighted by Crippen LogP contribution is 2.39. The first-order valence-electron chi connectivity index (χ1n) is 13.4. The van der Waals surface area contributed by atoms with Crippen LogP contribution in [-0.2, 0) is 4.84 Å². The molecule has 0 saturated carbocycles. The average Bonchev–Trinajstić information content (AvgIpc) is 2.97. The van der Waals surface area contributed by atoms with Crippen molar-refractivity contribution in [3.8, 4) is 17.0 Å². The van der Waals surface area contributed by atoms with Crippen LogP contribution >= 0.6 is 0 Å². The Kier molecular flexibility index (Phi) is 11.3. The van der Waals surface area contributed by atoms with Crippen molar-refractivity contribution in [1.29, 1.82) is 0 Å². The van der Waals surface area contributed by atoms with Gasteiger partial charge < -0.3 is 15.4 Å². The summed E-state index contributed by atoms with van der Waals surface area (Å²) in [6.45, 7) is 11.1. The van der Waals surface area contributed by atoms with Crippen molar-refractivity contribution in [3.63, 3.8) is 0 Å². The molecule has 2 aromatic heterocycles. The summed E-state index contributed by atoms with van der Waals surface area (Å²) in [5.74, 6) is -0.800. The van der Waals surface area contributed by atoms with E-state index in [0.717, 1.165) is 5.57 Å². The third-order valence-corrected chi connectivity index (χ3v) is 6.18. The number of nitrogens with one attached hydrogen (secondary N) is 3. The van der Waals surface area contributed by atoms with E-state index in [0.29, 0.717) is 46.2 Å². The molecular formula is C31H36F2N6O3. The number of aryl methyl sites for hydroxylation is 1. The molecule has 222 valence electrons. The molecule has 9 nitrogen and oxygen atoms in total. The van der Waals surface area contributed by atoms with Crippen molar-refractivity contribution in [2.24, 2.45) is 0 Å². The monoisotopic (exact) mass is 578 g/mol. The van der Waals surface area contributed by atoms with Crippen molar-refractivity contribution in [2.75, 3.05) is 24.4 Å². The van der Waals surface area contributed by atoms with Crippen molar-refractivity contribution in [1.82, 2.24) is 20.4 Å². The van der Waals surface area contributed by atoms with Gasteiger partial charge in [0.1, 0.15) is 17.5 Å². The molecule has 0 atom stereocenters. The second-order valence-corrected chi connectivity index (χ2v) is 9.54. The van der Waals surface area contributed by atoms with Gasteiger partial charge in [-0.25, -0.2) is 19.2 Å². The maximum atomic E-state index is 14.9. The smallest absolute Gasteiger partial charge is 0.278 e. The largest absolute Gasteiger partial charge is 0.494 e. The number of anilines is 3. The first kappa shape index (κ1) is 31.9. The summed E-state index contributed by atoms with van der Waals surface area (Å²) in [5.41, 5.74) is 6.60. The summed E-state index contributed by atoms with van der Waals surface area (Å²) in [5, 5.41) is 6.29. The number of halogens is 2. The zero-order chi connectivity index (χ0) is 30.8. The Morgan fingerprint density at radius 3 is 2.38 bits per heavy atom. The lowest BCUT2D eigenvalue weighted by molar-refractivity contribution is 0.0365. The number of hydroxylamine groups is 1. The Labute approximate surface area is 244 Å². The number of carbonyl (C=O) groups excluding carboxylic acids is 1. The number of hydrogen-bond acceptors (Lipinski definition) is 8. The number of allylic oxidation sites excluding steroid dienone is 5. The number of amides is 1. The van der Waals surface area contributed by atoms with E-state index in [9.17, 15) is 13.6 Å². The molecule has 1 amide bonds. The number of nitrogens with zero attached hydrogens (tertiary/aromatic N) is 3. The SMILES string of the molecule is CCONC(=O)c1cnc(NC(/C=C\C(F)=C(/C)CC)=C(C)C)cc1Nc1cc(F)cc(-c2cnc(C)cn2)c1OC. The molecule has 0 bridgehead atoms. The summed E-state index contributed by atoms with van der Waals surface area (Å²) in [4.78, 5) is 31.0. The summed E-state index contributed by atoms with van der Waals surface area (Å²) in [6, 6.07) is 4.13. The average molecular weight is 579 g/mol. The highest BCUT2D eigenvalue weighted by atomic mass is 19.1. The number of benzene rings is 1. The Morgan fingerprint density at radius 1 is 1.00 bits per heavy atom. The zero-order valence-corrected chi connectivity index (χ0v) is 24.9. The van der Waals surface area contributed by atoms with Gasteiger partial charge in [0.25, 0.3) is 5.91 Å². The second kappa shape index (κ2) is 14.8. The van der Waals surface area contributed by atoms with E-state index in [1.54, 1.807) is 39.1 Å². The normalized spacial score (nSPS) is 11.6. The lowest BCUT2D eigenvalue weighted by Crippen LogP contribution is -2.24. The molecule has 0 aliphatic carbocycles. The van der Waals surface area contributed by atoms with Gasteiger partial charge in [-0.3, -0.25) is 19.6 Å². The molecule has 0 fully saturated rings. The van der Waals surface area contributed by atoms with Crippen LogP contribution in [0.4, 0.5) is 26.0 Å². The highest BCUT2D eigenvalue weighted by Gasteiger charge is 2.19. The van der Waals surface area contributed by atoms with E-state index < -0.39 is 11.7 Å². The number of methoxy groups -OCH3 is 1. The van der Waals surface area contributed by atoms with Crippen LogP contribution in [0.2, 0.25) is 0 Å². The third kappa shape index (κ3) is 8.20. The van der Waals surface area contributed by atoms with Crippen LogP contribution in [0.3, 0.4) is 0 Å². The van der Waals surface area contributed by atoms with Crippen LogP contribution < -0.4 is 20.9 Å². The van der Waals surface area contributed by atoms with Crippen molar-refractivity contribution >= 4 is 23.1 Å². The molecule has 11 heteroatoms. The third-order valence-electron chi connectivity index (χ3n) is 6.18. The minimum absolute atomic E-state index is 0.124. The molecule has 3 aromatic rings. The van der Waals surface area contributed by atoms with Gasteiger partial charge in [-0.1, -0.05) is 12.5 Å². The minimum Gasteiger partial charge on any atom is -0.494 e. The van der Waals surface area contributed by atoms with Crippen molar-refractivity contribution in [3.05, 3.63) is 88.7 Å². The Hall–Kier alpha value is -4.64. The summed E-state index contributed by atoms with van der Waals surface area (Å²) in [6.07, 6.45) is 8.07. The van der Waals surface area contributed by atoms with Crippen LogP contribution in [0.1, 0.15) is 57.1 Å². The van der Waals surface area contributed by atoms with E-state index in [1.807, 2.05) is 20.8 Å². The molecule has 1 aromatic carbocycles. The molecule has 0 spiro atoms. The van der Waals surface area contributed by atoms with Gasteiger partial charge >= 0.3 is 0 Å². The van der Waals surface area contributed by atoms with Gasteiger partial charge in [0.05, 0.1) is 48.2 Å². The van der Waals surface area contributed by atoms with Gasteiger partial charge in [0.15, 0.2) is 5.75 Å². The molecule has 0 aliphatic heterocycles. The molecule has 0 saturated heterocycles. The summed E-state index contributed by atoms with van der Waals surface area (Å²) in [7, 11) is 1.45. The van der Waals surface area contributed by atoms with E-state index in [-0.39, 0.29) is 29.4 Å². The number of carbonyl (C=O) groups is 1. The lowest BCUT2D eigenvalue weighted by atomic mass is 10.1. The molecule has 42 heavy (non-hydrogen) atoms. The van der Waals surface area contributed by atoms with E-state index in [2.05, 4.69) is 31.1 Å². The fraction of sp³-hybridized carbons (Fsp3) is 0.290. The standard InChI is InChI=1S/C31H36F2N6O3/c1-8-19(5)24(33)10-11-25(18(3)4)38-29-14-26(23(16-36-29)31(40)39-42-9-2)37-27-13-21(32)12-22(30(27)41-7)28-17-34-20(6)15-35-28/h10-17H,8-9H2,1-7H3,(H,39,40)(H2,36,37,38)/b11-10-,24-19-. The molecule has 3 rings (SSSR count). The second-order valence-electron chi connectivity index (χ2n) is 9.54. The number of hydrogen-bond donors (Lipinski definition) is 3. The first-order valence-corrected chi connectivity index (χ1v) is 13.4. The summed E-state index contributed by atoms with van der Waals surface area (Å²) >= 11 is 0. The van der Waals surface area contributed by atoms with Crippen molar-refractivity contribution in [2.45, 2.75) is 48.0 Å². The van der Waals surface area contributed by atoms with Gasteiger partial charge in [-0.15, -0.1) is 0 Å². The predicted molar refractivity (Wildman–Crippen MR) is 161 cm³/mol. The Balaban J connectivity index is 2.09. The number of ether oxygens (including phenoxy) is 1.